The fraction of sp³-hybridized carbons (Fsp3) is 0.318. The highest BCUT2D eigenvalue weighted by Gasteiger charge is 2.28. The SMILES string of the molecule is COc1cc(/C=C2\C(=O)OCC[C@H]2Cc2ccc3c(c2)OCO3)cc(OC)c1. The maximum Gasteiger partial charge on any atom is 0.334 e. The number of rotatable bonds is 5. The molecule has 6 nitrogen and oxygen atoms in total. The van der Waals surface area contributed by atoms with Crippen molar-refractivity contribution >= 4 is 12.0 Å². The maximum absolute atomic E-state index is 12.5. The zero-order valence-electron chi connectivity index (χ0n) is 15.9. The predicted octanol–water partition coefficient (Wildman–Crippen LogP) is 3.62. The number of hydrogen-bond donors (Lipinski definition) is 0. The summed E-state index contributed by atoms with van der Waals surface area (Å²) < 4.78 is 26.8. The number of fused-ring (bicyclic) bond motifs is 1. The first-order valence-electron chi connectivity index (χ1n) is 9.16. The fourth-order valence-corrected chi connectivity index (χ4v) is 3.53. The fourth-order valence-electron chi connectivity index (χ4n) is 3.53. The van der Waals surface area contributed by atoms with Crippen molar-refractivity contribution in [1.29, 1.82) is 0 Å². The Hall–Kier alpha value is -3.15. The lowest BCUT2D eigenvalue weighted by atomic mass is 9.86. The van der Waals surface area contributed by atoms with Gasteiger partial charge < -0.3 is 23.7 Å². The molecule has 0 spiro atoms. The normalized spacial score (nSPS) is 19.4. The van der Waals surface area contributed by atoms with E-state index in [9.17, 15) is 4.79 Å². The molecule has 2 heterocycles. The zero-order chi connectivity index (χ0) is 19.5. The van der Waals surface area contributed by atoms with Gasteiger partial charge in [0.15, 0.2) is 11.5 Å². The van der Waals surface area contributed by atoms with Gasteiger partial charge in [0, 0.05) is 11.6 Å². The van der Waals surface area contributed by atoms with Gasteiger partial charge in [-0.25, -0.2) is 4.79 Å². The summed E-state index contributed by atoms with van der Waals surface area (Å²) in [6.07, 6.45) is 3.36. The molecule has 0 N–H and O–H groups in total. The number of hydrogen-bond acceptors (Lipinski definition) is 6. The van der Waals surface area contributed by atoms with Crippen LogP contribution in [0.4, 0.5) is 0 Å². The topological polar surface area (TPSA) is 63.2 Å². The van der Waals surface area contributed by atoms with Crippen molar-refractivity contribution in [2.24, 2.45) is 5.92 Å². The zero-order valence-corrected chi connectivity index (χ0v) is 15.9. The van der Waals surface area contributed by atoms with Gasteiger partial charge >= 0.3 is 5.97 Å². The van der Waals surface area contributed by atoms with E-state index in [1.54, 1.807) is 20.3 Å². The highest BCUT2D eigenvalue weighted by atomic mass is 16.7. The van der Waals surface area contributed by atoms with E-state index in [1.807, 2.05) is 36.4 Å². The van der Waals surface area contributed by atoms with Gasteiger partial charge in [-0.3, -0.25) is 0 Å². The van der Waals surface area contributed by atoms with Crippen LogP contribution in [0.25, 0.3) is 6.08 Å². The summed E-state index contributed by atoms with van der Waals surface area (Å²) >= 11 is 0. The van der Waals surface area contributed by atoms with Crippen LogP contribution >= 0.6 is 0 Å². The summed E-state index contributed by atoms with van der Waals surface area (Å²) in [4.78, 5) is 12.5. The largest absolute Gasteiger partial charge is 0.497 e. The molecule has 4 rings (SSSR count). The molecule has 0 bridgehead atoms. The molecule has 2 aliphatic heterocycles. The monoisotopic (exact) mass is 382 g/mol. The standard InChI is InChI=1S/C22H22O6/c1-24-17-8-15(9-18(12-17)25-2)10-19-16(5-6-26-22(19)23)7-14-3-4-20-21(11-14)28-13-27-20/h3-4,8-12,16H,5-7,13H2,1-2H3/b19-10-/t16-/m0/s1. The minimum Gasteiger partial charge on any atom is -0.497 e. The molecule has 146 valence electrons. The second-order valence-electron chi connectivity index (χ2n) is 6.76. The number of benzene rings is 2. The van der Waals surface area contributed by atoms with E-state index in [4.69, 9.17) is 23.7 Å². The first-order valence-corrected chi connectivity index (χ1v) is 9.16. The van der Waals surface area contributed by atoms with Crippen LogP contribution in [0.3, 0.4) is 0 Å². The molecule has 0 aromatic heterocycles. The van der Waals surface area contributed by atoms with Crippen LogP contribution in [0.2, 0.25) is 0 Å². The molecular weight excluding hydrogens is 360 g/mol. The van der Waals surface area contributed by atoms with Gasteiger partial charge in [-0.05, 0) is 60.2 Å². The smallest absolute Gasteiger partial charge is 0.334 e. The van der Waals surface area contributed by atoms with Gasteiger partial charge in [0.05, 0.1) is 20.8 Å². The number of cyclic esters (lactones) is 1. The highest BCUT2D eigenvalue weighted by molar-refractivity contribution is 5.95. The third kappa shape index (κ3) is 3.76. The van der Waals surface area contributed by atoms with Crippen molar-refractivity contribution in [3.8, 4) is 23.0 Å². The van der Waals surface area contributed by atoms with E-state index in [2.05, 4.69) is 0 Å². The molecule has 2 aromatic rings. The van der Waals surface area contributed by atoms with Crippen molar-refractivity contribution in [2.45, 2.75) is 12.8 Å². The molecule has 1 saturated heterocycles. The van der Waals surface area contributed by atoms with Crippen molar-refractivity contribution < 1.29 is 28.5 Å². The number of ether oxygens (including phenoxy) is 5. The molecule has 28 heavy (non-hydrogen) atoms. The summed E-state index contributed by atoms with van der Waals surface area (Å²) in [5.41, 5.74) is 2.58. The number of esters is 1. The first kappa shape index (κ1) is 18.2. The third-order valence-corrected chi connectivity index (χ3v) is 4.99. The van der Waals surface area contributed by atoms with E-state index < -0.39 is 0 Å². The second kappa shape index (κ2) is 7.84. The summed E-state index contributed by atoms with van der Waals surface area (Å²) in [6, 6.07) is 11.4. The molecule has 0 unspecified atom stereocenters. The van der Waals surface area contributed by atoms with Crippen LogP contribution in [0.15, 0.2) is 42.0 Å². The average molecular weight is 382 g/mol. The van der Waals surface area contributed by atoms with E-state index in [-0.39, 0.29) is 18.7 Å². The van der Waals surface area contributed by atoms with Crippen LogP contribution in [0.5, 0.6) is 23.0 Å². The molecule has 6 heteroatoms. The van der Waals surface area contributed by atoms with Gasteiger partial charge in [0.2, 0.25) is 6.79 Å². The Morgan fingerprint density at radius 1 is 1.00 bits per heavy atom. The Bertz CT molecular complexity index is 895. The Morgan fingerprint density at radius 2 is 1.75 bits per heavy atom. The van der Waals surface area contributed by atoms with E-state index in [1.165, 1.54) is 0 Å². The van der Waals surface area contributed by atoms with Gasteiger partial charge in [0.25, 0.3) is 0 Å². The van der Waals surface area contributed by atoms with E-state index in [0.29, 0.717) is 23.7 Å². The van der Waals surface area contributed by atoms with Crippen molar-refractivity contribution in [1.82, 2.24) is 0 Å². The van der Waals surface area contributed by atoms with Crippen LogP contribution in [-0.4, -0.2) is 33.6 Å². The van der Waals surface area contributed by atoms with Crippen LogP contribution in [0, 0.1) is 5.92 Å². The van der Waals surface area contributed by atoms with Gasteiger partial charge in [-0.1, -0.05) is 6.07 Å². The molecule has 0 amide bonds. The number of carbonyl (C=O) groups is 1. The summed E-state index contributed by atoms with van der Waals surface area (Å²) in [6.45, 7) is 0.671. The third-order valence-electron chi connectivity index (χ3n) is 4.99. The van der Waals surface area contributed by atoms with E-state index >= 15 is 0 Å². The minimum atomic E-state index is -0.279. The van der Waals surface area contributed by atoms with Crippen LogP contribution in [-0.2, 0) is 16.0 Å². The van der Waals surface area contributed by atoms with Gasteiger partial charge in [-0.2, -0.15) is 0 Å². The molecule has 1 atom stereocenters. The summed E-state index contributed by atoms with van der Waals surface area (Å²) in [5.74, 6) is 2.62. The van der Waals surface area contributed by atoms with Crippen LogP contribution < -0.4 is 18.9 Å². The molecule has 2 aromatic carbocycles. The molecule has 1 fully saturated rings. The van der Waals surface area contributed by atoms with Gasteiger partial charge in [-0.15, -0.1) is 0 Å². The average Bonchev–Trinajstić information content (AvgIpc) is 3.18. The Kier molecular flexibility index (Phi) is 5.10. The highest BCUT2D eigenvalue weighted by Crippen LogP contribution is 2.35. The predicted molar refractivity (Wildman–Crippen MR) is 103 cm³/mol. The van der Waals surface area contributed by atoms with Crippen molar-refractivity contribution in [3.63, 3.8) is 0 Å². The number of carbonyl (C=O) groups excluding carboxylic acids is 1. The summed E-state index contributed by atoms with van der Waals surface area (Å²) in [7, 11) is 3.20. The van der Waals surface area contributed by atoms with Crippen LogP contribution in [0.1, 0.15) is 17.5 Å². The van der Waals surface area contributed by atoms with Gasteiger partial charge in [0.1, 0.15) is 11.5 Å². The minimum absolute atomic E-state index is 0.0545. The molecule has 0 radical (unpaired) electrons. The lowest BCUT2D eigenvalue weighted by molar-refractivity contribution is -0.142. The van der Waals surface area contributed by atoms with Crippen molar-refractivity contribution in [2.75, 3.05) is 27.6 Å². The van der Waals surface area contributed by atoms with E-state index in [0.717, 1.165) is 35.5 Å². The second-order valence-corrected chi connectivity index (χ2v) is 6.76. The quantitative estimate of drug-likeness (QED) is 0.581. The summed E-state index contributed by atoms with van der Waals surface area (Å²) in [5, 5.41) is 0. The Morgan fingerprint density at radius 3 is 2.50 bits per heavy atom. The number of methoxy groups -OCH3 is 2. The molecule has 0 aliphatic carbocycles. The molecule has 2 aliphatic rings. The van der Waals surface area contributed by atoms with Crippen molar-refractivity contribution in [3.05, 3.63) is 53.1 Å². The Labute approximate surface area is 163 Å². The molecule has 0 saturated carbocycles. The first-order chi connectivity index (χ1) is 13.7. The Balaban J connectivity index is 1.63. The lowest BCUT2D eigenvalue weighted by Crippen LogP contribution is -2.25. The maximum atomic E-state index is 12.5. The lowest BCUT2D eigenvalue weighted by Gasteiger charge is -2.25. The molecular formula is C22H22O6.